The summed E-state index contributed by atoms with van der Waals surface area (Å²) in [6, 6.07) is 3.53. The topological polar surface area (TPSA) is 101 Å². The van der Waals surface area contributed by atoms with Gasteiger partial charge in [-0.25, -0.2) is 4.79 Å². The van der Waals surface area contributed by atoms with E-state index in [-0.39, 0.29) is 24.4 Å². The lowest BCUT2D eigenvalue weighted by Gasteiger charge is -2.29. The van der Waals surface area contributed by atoms with Gasteiger partial charge < -0.3 is 19.6 Å². The molecule has 4 heterocycles. The molecule has 148 valence electrons. The van der Waals surface area contributed by atoms with E-state index >= 15 is 0 Å². The molecule has 9 heteroatoms. The predicted octanol–water partition coefficient (Wildman–Crippen LogP) is 1.60. The van der Waals surface area contributed by atoms with Gasteiger partial charge in [0.1, 0.15) is 11.1 Å². The Bertz CT molecular complexity index is 1110. The van der Waals surface area contributed by atoms with Crippen molar-refractivity contribution < 1.29 is 23.3 Å². The number of ether oxygens (including phenoxy) is 2. The first kappa shape index (κ1) is 18.7. The zero-order valence-electron chi connectivity index (χ0n) is 16.0. The van der Waals surface area contributed by atoms with E-state index in [9.17, 15) is 9.59 Å². The van der Waals surface area contributed by atoms with E-state index in [1.54, 1.807) is 18.4 Å². The van der Waals surface area contributed by atoms with Crippen LogP contribution in [0.25, 0.3) is 10.2 Å². The maximum absolute atomic E-state index is 13.2. The molecule has 4 rings (SSSR count). The van der Waals surface area contributed by atoms with Crippen LogP contribution in [0.15, 0.2) is 27.6 Å². The average Bonchev–Trinajstić information content (AvgIpc) is 3.28. The summed E-state index contributed by atoms with van der Waals surface area (Å²) < 4.78 is 19.0. The minimum absolute atomic E-state index is 0.180. The van der Waals surface area contributed by atoms with Gasteiger partial charge in [-0.3, -0.25) is 0 Å². The minimum atomic E-state index is -0.499. The van der Waals surface area contributed by atoms with E-state index in [1.165, 1.54) is 27.6 Å². The molecule has 1 aliphatic rings. The summed E-state index contributed by atoms with van der Waals surface area (Å²) >= 11 is 1.44. The highest BCUT2D eigenvalue weighted by molar-refractivity contribution is 7.18. The number of carbonyl (C=O) groups excluding carboxylic acids is 1. The van der Waals surface area contributed by atoms with Gasteiger partial charge in [0.2, 0.25) is 5.82 Å². The number of fused-ring (bicyclic) bond motifs is 3. The number of thiophene rings is 1. The van der Waals surface area contributed by atoms with Crippen molar-refractivity contribution in [2.45, 2.75) is 45.6 Å². The fraction of sp³-hybridized carbons (Fsp3) is 0.421. The molecule has 0 bridgehead atoms. The lowest BCUT2D eigenvalue weighted by atomic mass is 9.94. The van der Waals surface area contributed by atoms with Gasteiger partial charge in [0.05, 0.1) is 25.6 Å². The van der Waals surface area contributed by atoms with Crippen molar-refractivity contribution >= 4 is 33.3 Å². The fourth-order valence-corrected chi connectivity index (χ4v) is 4.74. The highest BCUT2D eigenvalue weighted by Gasteiger charge is 2.35. The van der Waals surface area contributed by atoms with Gasteiger partial charge in [-0.05, 0) is 31.5 Å². The van der Waals surface area contributed by atoms with Crippen LogP contribution in [0.1, 0.15) is 30.0 Å². The van der Waals surface area contributed by atoms with Crippen molar-refractivity contribution in [2.75, 3.05) is 12.8 Å². The van der Waals surface area contributed by atoms with Gasteiger partial charge in [-0.2, -0.15) is 13.9 Å². The second-order valence-electron chi connectivity index (χ2n) is 7.40. The van der Waals surface area contributed by atoms with Crippen LogP contribution in [-0.4, -0.2) is 23.2 Å². The smallest absolute Gasteiger partial charge is 0.466 e. The summed E-state index contributed by atoms with van der Waals surface area (Å²) in [4.78, 5) is 26.9. The van der Waals surface area contributed by atoms with Gasteiger partial charge in [0, 0.05) is 11.3 Å². The van der Waals surface area contributed by atoms with Crippen LogP contribution in [-0.2, 0) is 40.4 Å². The number of hydrogen-bond donors (Lipinski definition) is 1. The molecule has 0 fully saturated rings. The van der Waals surface area contributed by atoms with E-state index in [0.717, 1.165) is 15.8 Å². The highest BCUT2D eigenvalue weighted by atomic mass is 32.1. The second-order valence-corrected chi connectivity index (χ2v) is 8.49. The summed E-state index contributed by atoms with van der Waals surface area (Å²) in [5.74, 6) is 0.471. The minimum Gasteiger partial charge on any atom is -0.466 e. The lowest BCUT2D eigenvalue weighted by molar-refractivity contribution is -0.677. The Labute approximate surface area is 165 Å². The Morgan fingerprint density at radius 2 is 2.25 bits per heavy atom. The lowest BCUT2D eigenvalue weighted by Crippen LogP contribution is -2.57. The summed E-state index contributed by atoms with van der Waals surface area (Å²) in [5.41, 5.74) is 6.84. The van der Waals surface area contributed by atoms with Crippen molar-refractivity contribution in [3.8, 4) is 0 Å². The molecule has 28 heavy (non-hydrogen) atoms. The Morgan fingerprint density at radius 3 is 2.93 bits per heavy atom. The first-order valence-corrected chi connectivity index (χ1v) is 9.72. The molecule has 0 spiro atoms. The van der Waals surface area contributed by atoms with E-state index in [1.807, 2.05) is 13.8 Å². The molecule has 2 N–H and O–H groups in total. The Kier molecular flexibility index (Phi) is 4.51. The number of methoxy groups -OCH3 is 1. The maximum atomic E-state index is 13.2. The quantitative estimate of drug-likeness (QED) is 0.524. The third-order valence-electron chi connectivity index (χ3n) is 4.93. The van der Waals surface area contributed by atoms with Crippen molar-refractivity contribution in [3.63, 3.8) is 0 Å². The zero-order chi connectivity index (χ0) is 20.1. The number of carbonyl (C=O) groups is 1. The molecule has 0 radical (unpaired) electrons. The molecular formula is C19H22N3O5S+. The average molecular weight is 404 g/mol. The third-order valence-corrected chi connectivity index (χ3v) is 6.16. The number of nitrogen functional groups attached to an aromatic ring is 1. The summed E-state index contributed by atoms with van der Waals surface area (Å²) in [6.07, 6.45) is 2.22. The monoisotopic (exact) mass is 404 g/mol. The molecule has 3 aromatic rings. The van der Waals surface area contributed by atoms with E-state index < -0.39 is 5.97 Å². The molecule has 0 atom stereocenters. The largest absolute Gasteiger partial charge is 0.501 e. The van der Waals surface area contributed by atoms with Gasteiger partial charge >= 0.3 is 11.7 Å². The molecule has 0 unspecified atom stereocenters. The standard InChI is InChI=1S/C19H21N3O5S/c1-19(2)7-12-13(10-27-19)28-17-15(12)16(20)21(8-11-5-4-6-26-11)18(24)22(17)9-14(23)25-3/h4-6,20H,7-10H2,1-3H3/p+1. The molecule has 0 aromatic carbocycles. The van der Waals surface area contributed by atoms with E-state index in [2.05, 4.69) is 0 Å². The van der Waals surface area contributed by atoms with Crippen LogP contribution in [0.5, 0.6) is 0 Å². The predicted molar refractivity (Wildman–Crippen MR) is 103 cm³/mol. The van der Waals surface area contributed by atoms with Crippen LogP contribution in [0.2, 0.25) is 0 Å². The summed E-state index contributed by atoms with van der Waals surface area (Å²) in [5, 5.41) is 0.798. The van der Waals surface area contributed by atoms with Crippen LogP contribution < -0.4 is 16.0 Å². The van der Waals surface area contributed by atoms with Crippen molar-refractivity contribution in [3.05, 3.63) is 45.1 Å². The molecule has 1 aliphatic heterocycles. The van der Waals surface area contributed by atoms with Crippen LogP contribution in [0.3, 0.4) is 0 Å². The highest BCUT2D eigenvalue weighted by Crippen LogP contribution is 2.39. The zero-order valence-corrected chi connectivity index (χ0v) is 16.8. The summed E-state index contributed by atoms with van der Waals surface area (Å²) in [7, 11) is 1.30. The number of aromatic nitrogens is 2. The molecule has 8 nitrogen and oxygen atoms in total. The van der Waals surface area contributed by atoms with Crippen molar-refractivity contribution in [1.29, 1.82) is 0 Å². The molecule has 0 aliphatic carbocycles. The maximum Gasteiger partial charge on any atom is 0.501 e. The van der Waals surface area contributed by atoms with Crippen LogP contribution >= 0.6 is 11.3 Å². The van der Waals surface area contributed by atoms with Crippen molar-refractivity contribution in [1.82, 2.24) is 4.57 Å². The fourth-order valence-electron chi connectivity index (χ4n) is 3.51. The van der Waals surface area contributed by atoms with Crippen LogP contribution in [0.4, 0.5) is 5.82 Å². The van der Waals surface area contributed by atoms with Crippen LogP contribution in [0, 0.1) is 0 Å². The number of anilines is 1. The van der Waals surface area contributed by atoms with E-state index in [4.69, 9.17) is 19.6 Å². The SMILES string of the molecule is COC(=O)C[n+]1c(=O)n(Cc2ccco2)c(N)c2c3c(sc21)COC(C)(C)C3. The molecule has 3 aromatic heterocycles. The molecule has 0 amide bonds. The van der Waals surface area contributed by atoms with Crippen molar-refractivity contribution in [2.24, 2.45) is 0 Å². The number of hydrogen-bond acceptors (Lipinski definition) is 7. The Morgan fingerprint density at radius 1 is 1.46 bits per heavy atom. The van der Waals surface area contributed by atoms with E-state index in [0.29, 0.717) is 29.4 Å². The Balaban J connectivity index is 1.98. The van der Waals surface area contributed by atoms with Gasteiger partial charge in [0.25, 0.3) is 0 Å². The number of nitrogens with zero attached hydrogens (tertiary/aromatic N) is 2. The third kappa shape index (κ3) is 3.10. The normalized spacial score (nSPS) is 15.5. The number of nitrogens with two attached hydrogens (primary N) is 1. The van der Waals surface area contributed by atoms with Gasteiger partial charge in [-0.15, -0.1) is 0 Å². The first-order chi connectivity index (χ1) is 13.3. The number of esters is 1. The van der Waals surface area contributed by atoms with Gasteiger partial charge in [0.15, 0.2) is 17.9 Å². The first-order valence-electron chi connectivity index (χ1n) is 8.90. The Hall–Kier alpha value is -2.65. The second kappa shape index (κ2) is 6.75. The summed E-state index contributed by atoms with van der Waals surface area (Å²) in [6.45, 7) is 4.49. The number of rotatable bonds is 4. The molecule has 0 saturated heterocycles. The van der Waals surface area contributed by atoms with Gasteiger partial charge in [-0.1, -0.05) is 11.3 Å². The molecular weight excluding hydrogens is 382 g/mol. The number of furan rings is 1. The molecule has 0 saturated carbocycles.